The molecule has 0 spiro atoms. The molecule has 0 bridgehead atoms. The molecule has 72 valence electrons. The largest absolute Gasteiger partial charge is 1.00 e. The average molecular weight is 264 g/mol. The zero-order valence-corrected chi connectivity index (χ0v) is 14.4. The number of hydrogen-bond acceptors (Lipinski definition) is 1. The molecule has 1 aromatic carbocycles. The van der Waals surface area contributed by atoms with E-state index < -0.39 is 0 Å². The fourth-order valence-electron chi connectivity index (χ4n) is 0.714. The second-order valence-corrected chi connectivity index (χ2v) is 2.58. The zero-order chi connectivity index (χ0) is 10.1. The molecular weight excluding hydrogens is 248 g/mol. The number of rotatable bonds is 1. The van der Waals surface area contributed by atoms with Crippen LogP contribution in [0.25, 0.3) is 5.32 Å². The minimum absolute atomic E-state index is 0. The molecule has 0 aromatic heterocycles. The molecule has 2 nitrogen and oxygen atoms in total. The first-order valence-electron chi connectivity index (χ1n) is 4.35. The number of aryl methyl sites for hydroxylation is 1. The van der Waals surface area contributed by atoms with Gasteiger partial charge in [0.05, 0.1) is 0 Å². The van der Waals surface area contributed by atoms with Crippen LogP contribution in [0.1, 0.15) is 19.4 Å². The third kappa shape index (κ3) is 10.6. The summed E-state index contributed by atoms with van der Waals surface area (Å²) in [6.45, 7) is 3.58. The number of nitrogens with zero attached hydrogens (tertiary/aromatic N) is 1. The molecule has 14 heavy (non-hydrogen) atoms. The van der Waals surface area contributed by atoms with Gasteiger partial charge in [0, 0.05) is 5.91 Å². The van der Waals surface area contributed by atoms with E-state index in [1.165, 1.54) is 19.5 Å². The molecule has 0 aliphatic heterocycles. The predicted octanol–water partition coefficient (Wildman–Crippen LogP) is -0.211. The smallest absolute Gasteiger partial charge is 0.656 e. The van der Waals surface area contributed by atoms with E-state index in [1.807, 2.05) is 6.07 Å². The van der Waals surface area contributed by atoms with Crippen LogP contribution in [0.3, 0.4) is 0 Å². The first-order valence-corrected chi connectivity index (χ1v) is 4.35. The van der Waals surface area contributed by atoms with Crippen molar-refractivity contribution >= 4 is 5.91 Å². The van der Waals surface area contributed by atoms with Crippen molar-refractivity contribution in [1.82, 2.24) is 0 Å². The molecule has 0 aliphatic rings. The van der Waals surface area contributed by atoms with E-state index in [0.29, 0.717) is 0 Å². The van der Waals surface area contributed by atoms with Gasteiger partial charge in [-0.1, -0.05) is 37.3 Å². The van der Waals surface area contributed by atoms with E-state index >= 15 is 0 Å². The molecule has 1 rings (SSSR count). The van der Waals surface area contributed by atoms with Gasteiger partial charge in [-0.05, 0) is 18.9 Å². The second kappa shape index (κ2) is 11.6. The topological polar surface area (TPSA) is 31.2 Å². The minimum Gasteiger partial charge on any atom is -0.656 e. The summed E-state index contributed by atoms with van der Waals surface area (Å²) in [5, 5.41) is 3.25. The van der Waals surface area contributed by atoms with Crippen LogP contribution in [0, 0.1) is 0 Å². The Balaban J connectivity index is 0. The number of amides is 1. The van der Waals surface area contributed by atoms with Gasteiger partial charge >= 0.3 is 58.2 Å². The van der Waals surface area contributed by atoms with E-state index in [0.717, 1.165) is 6.42 Å². The molecule has 0 heterocycles. The molecular formula is C11H16NORb. The average Bonchev–Trinajstić information content (AvgIpc) is 2.20. The van der Waals surface area contributed by atoms with E-state index in [1.54, 1.807) is 0 Å². The molecule has 0 saturated carbocycles. The summed E-state index contributed by atoms with van der Waals surface area (Å²) in [5.74, 6) is -0.120. The Morgan fingerprint density at radius 1 is 1.29 bits per heavy atom. The Hall–Kier alpha value is 0.495. The summed E-state index contributed by atoms with van der Waals surface area (Å²) in [4.78, 5) is 9.65. The van der Waals surface area contributed by atoms with Gasteiger partial charge in [-0.25, -0.2) is 0 Å². The Morgan fingerprint density at radius 2 is 1.71 bits per heavy atom. The number of carbonyl (C=O) groups excluding carboxylic acids is 1. The monoisotopic (exact) mass is 263 g/mol. The number of carbonyl (C=O) groups is 1. The van der Waals surface area contributed by atoms with Gasteiger partial charge in [0.1, 0.15) is 0 Å². The van der Waals surface area contributed by atoms with Gasteiger partial charge in [0.15, 0.2) is 0 Å². The van der Waals surface area contributed by atoms with Gasteiger partial charge in [0.2, 0.25) is 0 Å². The number of hydrogen-bond donors (Lipinski definition) is 0. The minimum atomic E-state index is -0.120. The fourth-order valence-corrected chi connectivity index (χ4v) is 0.714. The summed E-state index contributed by atoms with van der Waals surface area (Å²) < 4.78 is 0. The molecule has 0 N–H and O–H groups in total. The molecule has 0 saturated heterocycles. The van der Waals surface area contributed by atoms with Gasteiger partial charge in [-0.3, -0.25) is 0 Å². The van der Waals surface area contributed by atoms with E-state index in [9.17, 15) is 4.79 Å². The normalized spacial score (nSPS) is 7.64. The SMILES string of the molecule is CCc1ccccc1.C[N-]C(C)=O.[Rb+]. The van der Waals surface area contributed by atoms with Crippen LogP contribution in [-0.2, 0) is 11.2 Å². The Morgan fingerprint density at radius 3 is 1.93 bits per heavy atom. The quantitative estimate of drug-likeness (QED) is 0.690. The number of benzene rings is 1. The maximum Gasteiger partial charge on any atom is 1.00 e. The van der Waals surface area contributed by atoms with Crippen LogP contribution in [-0.4, -0.2) is 13.0 Å². The van der Waals surface area contributed by atoms with Crippen LogP contribution in [0.4, 0.5) is 0 Å². The van der Waals surface area contributed by atoms with Crippen molar-refractivity contribution in [3.8, 4) is 0 Å². The van der Waals surface area contributed by atoms with Crippen molar-refractivity contribution in [3.63, 3.8) is 0 Å². The summed E-state index contributed by atoms with van der Waals surface area (Å²) in [6.07, 6.45) is 1.14. The maximum atomic E-state index is 9.65. The zero-order valence-electron chi connectivity index (χ0n) is 9.45. The van der Waals surface area contributed by atoms with Gasteiger partial charge in [0.25, 0.3) is 0 Å². The van der Waals surface area contributed by atoms with Crippen molar-refractivity contribution in [2.24, 2.45) is 0 Å². The van der Waals surface area contributed by atoms with Crippen molar-refractivity contribution in [2.75, 3.05) is 7.05 Å². The molecule has 0 aliphatic carbocycles. The molecule has 1 amide bonds. The summed E-state index contributed by atoms with van der Waals surface area (Å²) in [5.41, 5.74) is 1.41. The van der Waals surface area contributed by atoms with E-state index in [4.69, 9.17) is 0 Å². The summed E-state index contributed by atoms with van der Waals surface area (Å²) in [6, 6.07) is 10.5. The molecule has 1 aromatic rings. The summed E-state index contributed by atoms with van der Waals surface area (Å²) in [7, 11) is 1.47. The second-order valence-electron chi connectivity index (χ2n) is 2.58. The van der Waals surface area contributed by atoms with Gasteiger partial charge < -0.3 is 10.1 Å². The van der Waals surface area contributed by atoms with Crippen molar-refractivity contribution in [3.05, 3.63) is 41.2 Å². The first-order chi connectivity index (χ1) is 6.20. The van der Waals surface area contributed by atoms with Crippen molar-refractivity contribution in [2.45, 2.75) is 20.3 Å². The van der Waals surface area contributed by atoms with E-state index in [2.05, 4.69) is 36.5 Å². The fraction of sp³-hybridized carbons (Fsp3) is 0.364. The van der Waals surface area contributed by atoms with Crippen molar-refractivity contribution in [1.29, 1.82) is 0 Å². The third-order valence-corrected chi connectivity index (χ3v) is 1.57. The van der Waals surface area contributed by atoms with Crippen LogP contribution in [0.15, 0.2) is 30.3 Å². The standard InChI is InChI=1S/C8H10.C3H7NO.Rb/c1-2-8-6-4-3-5-7-8;1-3(5)4-2;/h3-7H,2H2,1H3;1-2H3,(H,4,5);/q;;+1/p-1. The Labute approximate surface area is 135 Å². The molecule has 0 unspecified atom stereocenters. The van der Waals surface area contributed by atoms with Crippen LogP contribution in [0.2, 0.25) is 0 Å². The van der Waals surface area contributed by atoms with Crippen LogP contribution in [0.5, 0.6) is 0 Å². The molecule has 3 heteroatoms. The third-order valence-electron chi connectivity index (χ3n) is 1.57. The van der Waals surface area contributed by atoms with Crippen molar-refractivity contribution < 1.29 is 63.0 Å². The Bertz CT molecular complexity index is 236. The first kappa shape index (κ1) is 16.9. The molecule has 0 fully saturated rings. The predicted molar refractivity (Wildman–Crippen MR) is 55.8 cm³/mol. The van der Waals surface area contributed by atoms with Crippen LogP contribution < -0.4 is 58.2 Å². The van der Waals surface area contributed by atoms with Gasteiger partial charge in [-0.15, -0.1) is 7.05 Å². The van der Waals surface area contributed by atoms with Crippen LogP contribution >= 0.6 is 0 Å². The van der Waals surface area contributed by atoms with E-state index in [-0.39, 0.29) is 64.1 Å². The molecule has 0 radical (unpaired) electrons. The Kier molecular flexibility index (Phi) is 14.0. The maximum absolute atomic E-state index is 9.65. The summed E-state index contributed by atoms with van der Waals surface area (Å²) >= 11 is 0. The van der Waals surface area contributed by atoms with Gasteiger partial charge in [-0.2, -0.15) is 0 Å². The molecule has 0 atom stereocenters.